The Balaban J connectivity index is 2.10. The van der Waals surface area contributed by atoms with Crippen molar-refractivity contribution in [2.45, 2.75) is 39.7 Å². The van der Waals surface area contributed by atoms with Gasteiger partial charge in [-0.1, -0.05) is 26.0 Å². The summed E-state index contributed by atoms with van der Waals surface area (Å²) in [5.74, 6) is 0.526. The number of urea groups is 1. The first-order valence-corrected chi connectivity index (χ1v) is 7.66. The Morgan fingerprint density at radius 1 is 1.23 bits per heavy atom. The van der Waals surface area contributed by atoms with Gasteiger partial charge in [-0.05, 0) is 43.5 Å². The fourth-order valence-corrected chi connectivity index (χ4v) is 2.12. The molecule has 118 valence electrons. The highest BCUT2D eigenvalue weighted by Crippen LogP contribution is 2.18. The highest BCUT2D eigenvalue weighted by atomic mass is 16.5. The number of amides is 3. The molecule has 1 fully saturated rings. The molecule has 1 aliphatic heterocycles. The van der Waals surface area contributed by atoms with Gasteiger partial charge in [0.25, 0.3) is 5.91 Å². The van der Waals surface area contributed by atoms with Crippen molar-refractivity contribution in [2.75, 3.05) is 6.54 Å². The number of rotatable bonds is 6. The highest BCUT2D eigenvalue weighted by Gasteiger charge is 2.32. The Morgan fingerprint density at radius 3 is 2.50 bits per heavy atom. The second kappa shape index (κ2) is 7.11. The first-order chi connectivity index (χ1) is 10.5. The van der Waals surface area contributed by atoms with Crippen molar-refractivity contribution in [1.82, 2.24) is 10.2 Å². The molecular formula is C17H22N2O3. The van der Waals surface area contributed by atoms with E-state index in [9.17, 15) is 9.59 Å². The summed E-state index contributed by atoms with van der Waals surface area (Å²) < 4.78 is 5.71. The molecule has 2 rings (SSSR count). The Bertz CT molecular complexity index is 578. The molecule has 22 heavy (non-hydrogen) atoms. The SMILES string of the molecule is CCCN1C(=O)N/C(=C/c2ccc(O[C@@H](C)CC)cc2)C1=O. The largest absolute Gasteiger partial charge is 0.491 e. The van der Waals surface area contributed by atoms with Crippen molar-refractivity contribution in [3.63, 3.8) is 0 Å². The molecular weight excluding hydrogens is 280 g/mol. The van der Waals surface area contributed by atoms with Gasteiger partial charge < -0.3 is 10.1 Å². The topological polar surface area (TPSA) is 58.6 Å². The average molecular weight is 302 g/mol. The van der Waals surface area contributed by atoms with Crippen molar-refractivity contribution in [3.05, 3.63) is 35.5 Å². The fraction of sp³-hybridized carbons (Fsp3) is 0.412. The third-order valence-corrected chi connectivity index (χ3v) is 3.51. The lowest BCUT2D eigenvalue weighted by Crippen LogP contribution is -2.31. The molecule has 5 heteroatoms. The van der Waals surface area contributed by atoms with E-state index < -0.39 is 0 Å². The number of nitrogens with zero attached hydrogens (tertiary/aromatic N) is 1. The Kier molecular flexibility index (Phi) is 5.20. The average Bonchev–Trinajstić information content (AvgIpc) is 2.77. The standard InChI is InChI=1S/C17H22N2O3/c1-4-10-19-16(20)15(18-17(19)21)11-13-6-8-14(9-7-13)22-12(3)5-2/h6-9,11-12H,4-5,10H2,1-3H3,(H,18,21)/b15-11+/t12-/m0/s1. The minimum absolute atomic E-state index is 0.169. The van der Waals surface area contributed by atoms with E-state index in [-0.39, 0.29) is 18.0 Å². The molecule has 0 aliphatic carbocycles. The van der Waals surface area contributed by atoms with Crippen molar-refractivity contribution in [1.29, 1.82) is 0 Å². The van der Waals surface area contributed by atoms with Gasteiger partial charge in [-0.3, -0.25) is 9.69 Å². The molecule has 0 radical (unpaired) electrons. The first-order valence-electron chi connectivity index (χ1n) is 7.66. The van der Waals surface area contributed by atoms with Gasteiger partial charge in [0.05, 0.1) is 6.10 Å². The van der Waals surface area contributed by atoms with Gasteiger partial charge >= 0.3 is 6.03 Å². The van der Waals surface area contributed by atoms with Crippen LogP contribution in [0.4, 0.5) is 4.79 Å². The van der Waals surface area contributed by atoms with E-state index in [1.54, 1.807) is 6.08 Å². The van der Waals surface area contributed by atoms with Gasteiger partial charge in [-0.15, -0.1) is 0 Å². The first kappa shape index (κ1) is 16.1. The molecule has 5 nitrogen and oxygen atoms in total. The van der Waals surface area contributed by atoms with Crippen LogP contribution < -0.4 is 10.1 Å². The summed E-state index contributed by atoms with van der Waals surface area (Å²) in [7, 11) is 0. The van der Waals surface area contributed by atoms with Crippen LogP contribution in [0.2, 0.25) is 0 Å². The van der Waals surface area contributed by atoms with E-state index in [0.29, 0.717) is 12.2 Å². The van der Waals surface area contributed by atoms with Crippen LogP contribution in [0.15, 0.2) is 30.0 Å². The van der Waals surface area contributed by atoms with Crippen molar-refractivity contribution < 1.29 is 14.3 Å². The third kappa shape index (κ3) is 3.67. The van der Waals surface area contributed by atoms with Crippen LogP contribution >= 0.6 is 0 Å². The van der Waals surface area contributed by atoms with Gasteiger partial charge in [-0.2, -0.15) is 0 Å². The van der Waals surface area contributed by atoms with Crippen molar-refractivity contribution in [3.8, 4) is 5.75 Å². The Morgan fingerprint density at radius 2 is 1.91 bits per heavy atom. The number of ether oxygens (including phenoxy) is 1. The minimum atomic E-state index is -0.352. The summed E-state index contributed by atoms with van der Waals surface area (Å²) in [5, 5.41) is 2.61. The molecule has 0 saturated carbocycles. The zero-order chi connectivity index (χ0) is 16.1. The second-order valence-corrected chi connectivity index (χ2v) is 5.35. The Labute approximate surface area is 130 Å². The van der Waals surface area contributed by atoms with E-state index in [2.05, 4.69) is 12.2 Å². The van der Waals surface area contributed by atoms with E-state index in [1.165, 1.54) is 4.90 Å². The van der Waals surface area contributed by atoms with E-state index in [1.807, 2.05) is 38.1 Å². The summed E-state index contributed by atoms with van der Waals surface area (Å²) in [6.45, 7) is 6.45. The monoisotopic (exact) mass is 302 g/mol. The lowest BCUT2D eigenvalue weighted by molar-refractivity contribution is -0.122. The molecule has 1 N–H and O–H groups in total. The number of imide groups is 1. The maximum atomic E-state index is 12.1. The molecule has 0 aromatic heterocycles. The maximum Gasteiger partial charge on any atom is 0.329 e. The van der Waals surface area contributed by atoms with E-state index >= 15 is 0 Å². The van der Waals surface area contributed by atoms with Crippen molar-refractivity contribution in [2.24, 2.45) is 0 Å². The summed E-state index contributed by atoms with van der Waals surface area (Å²) in [4.78, 5) is 25.1. The Hall–Kier alpha value is -2.30. The van der Waals surface area contributed by atoms with Gasteiger partial charge in [-0.25, -0.2) is 4.79 Å². The predicted octanol–water partition coefficient (Wildman–Crippen LogP) is 3.17. The van der Waals surface area contributed by atoms with Crippen LogP contribution in [0.3, 0.4) is 0 Å². The number of hydrogen-bond donors (Lipinski definition) is 1. The molecule has 1 aliphatic rings. The van der Waals surface area contributed by atoms with Gasteiger partial charge in [0, 0.05) is 6.54 Å². The van der Waals surface area contributed by atoms with E-state index in [4.69, 9.17) is 4.74 Å². The maximum absolute atomic E-state index is 12.1. The van der Waals surface area contributed by atoms with Crippen LogP contribution in [-0.2, 0) is 4.79 Å². The number of carbonyl (C=O) groups excluding carboxylic acids is 2. The third-order valence-electron chi connectivity index (χ3n) is 3.51. The normalized spacial score (nSPS) is 17.8. The molecule has 1 saturated heterocycles. The lowest BCUT2D eigenvalue weighted by Gasteiger charge is -2.12. The van der Waals surface area contributed by atoms with Crippen LogP contribution in [0, 0.1) is 0 Å². The van der Waals surface area contributed by atoms with Crippen LogP contribution in [0.25, 0.3) is 6.08 Å². The molecule has 0 unspecified atom stereocenters. The quantitative estimate of drug-likeness (QED) is 0.648. The molecule has 1 aromatic rings. The fourth-order valence-electron chi connectivity index (χ4n) is 2.12. The summed E-state index contributed by atoms with van der Waals surface area (Å²) in [6.07, 6.45) is 3.54. The molecule has 0 spiro atoms. The lowest BCUT2D eigenvalue weighted by atomic mass is 10.2. The summed E-state index contributed by atoms with van der Waals surface area (Å²) >= 11 is 0. The van der Waals surface area contributed by atoms with Crippen LogP contribution in [0.5, 0.6) is 5.75 Å². The smallest absolute Gasteiger partial charge is 0.329 e. The molecule has 1 heterocycles. The van der Waals surface area contributed by atoms with Crippen molar-refractivity contribution >= 4 is 18.0 Å². The molecule has 1 atom stereocenters. The van der Waals surface area contributed by atoms with E-state index in [0.717, 1.165) is 24.2 Å². The molecule has 3 amide bonds. The number of benzene rings is 1. The van der Waals surface area contributed by atoms with Gasteiger partial charge in [0.15, 0.2) is 0 Å². The zero-order valence-electron chi connectivity index (χ0n) is 13.3. The highest BCUT2D eigenvalue weighted by molar-refractivity contribution is 6.13. The number of nitrogens with one attached hydrogen (secondary N) is 1. The van der Waals surface area contributed by atoms with Crippen LogP contribution in [0.1, 0.15) is 39.2 Å². The zero-order valence-corrected chi connectivity index (χ0v) is 13.3. The second-order valence-electron chi connectivity index (χ2n) is 5.35. The number of carbonyl (C=O) groups is 2. The van der Waals surface area contributed by atoms with Crippen LogP contribution in [-0.4, -0.2) is 29.5 Å². The minimum Gasteiger partial charge on any atom is -0.491 e. The molecule has 1 aromatic carbocycles. The summed E-state index contributed by atoms with van der Waals surface area (Å²) in [6, 6.07) is 7.11. The molecule has 0 bridgehead atoms. The summed E-state index contributed by atoms with van der Waals surface area (Å²) in [5.41, 5.74) is 1.16. The van der Waals surface area contributed by atoms with Gasteiger partial charge in [0.2, 0.25) is 0 Å². The predicted molar refractivity (Wildman–Crippen MR) is 85.3 cm³/mol. The van der Waals surface area contributed by atoms with Gasteiger partial charge in [0.1, 0.15) is 11.4 Å². The number of hydrogen-bond acceptors (Lipinski definition) is 3.